The maximum absolute atomic E-state index is 14.3. The van der Waals surface area contributed by atoms with Crippen LogP contribution in [0.2, 0.25) is 0 Å². The van der Waals surface area contributed by atoms with E-state index in [0.29, 0.717) is 15.9 Å². The van der Waals surface area contributed by atoms with Crippen molar-refractivity contribution >= 4 is 35.0 Å². The normalized spacial score (nSPS) is 12.4. The molecule has 33 heavy (non-hydrogen) atoms. The Morgan fingerprint density at radius 2 is 1.00 bits per heavy atom. The molecule has 0 spiro atoms. The fraction of sp³-hybridized carbons (Fsp3) is 0.0385. The molecule has 0 aliphatic heterocycles. The number of aliphatic imine (C=N–C) groups is 1. The van der Waals surface area contributed by atoms with E-state index in [1.807, 2.05) is 0 Å². The monoisotopic (exact) mass is 468 g/mol. The predicted molar refractivity (Wildman–Crippen MR) is 126 cm³/mol. The van der Waals surface area contributed by atoms with Crippen molar-refractivity contribution in [2.75, 3.05) is 0 Å². The Hall–Kier alpha value is -3.50. The summed E-state index contributed by atoms with van der Waals surface area (Å²) in [4.78, 5) is 3.76. The third-order valence-electron chi connectivity index (χ3n) is 4.88. The van der Waals surface area contributed by atoms with Crippen molar-refractivity contribution in [3.8, 4) is 0 Å². The summed E-state index contributed by atoms with van der Waals surface area (Å²) >= 11 is 0. The zero-order chi connectivity index (χ0) is 23.3. The lowest BCUT2D eigenvalue weighted by atomic mass is 10.3. The molecule has 2 nitrogen and oxygen atoms in total. The Labute approximate surface area is 189 Å². The van der Waals surface area contributed by atoms with Crippen LogP contribution in [0.15, 0.2) is 120 Å². The fourth-order valence-corrected chi connectivity index (χ4v) is 6.81. The average Bonchev–Trinajstić information content (AvgIpc) is 2.84. The van der Waals surface area contributed by atoms with Crippen LogP contribution < -0.4 is 15.9 Å². The van der Waals surface area contributed by atoms with Gasteiger partial charge in [0.2, 0.25) is 0 Å². The molecule has 4 aromatic carbocycles. The van der Waals surface area contributed by atoms with Gasteiger partial charge >= 0.3 is 12.1 Å². The second-order valence-corrected chi connectivity index (χ2v) is 10.0. The van der Waals surface area contributed by atoms with Gasteiger partial charge in [0.25, 0.3) is 7.49 Å². The summed E-state index contributed by atoms with van der Waals surface area (Å²) < 4.78 is 62.1. The Morgan fingerprint density at radius 3 is 1.36 bits per heavy atom. The van der Waals surface area contributed by atoms with Gasteiger partial charge in [-0.25, -0.2) is 9.38 Å². The molecule has 0 bridgehead atoms. The summed E-state index contributed by atoms with van der Waals surface area (Å²) in [6.07, 6.45) is -4.88. The molecule has 0 aliphatic carbocycles. The minimum Gasteiger partial charge on any atom is -0.309 e. The van der Waals surface area contributed by atoms with Gasteiger partial charge in [-0.05, 0) is 60.7 Å². The van der Waals surface area contributed by atoms with Crippen molar-refractivity contribution in [3.05, 3.63) is 121 Å². The van der Waals surface area contributed by atoms with E-state index >= 15 is 0 Å². The molecule has 0 atom stereocenters. The summed E-state index contributed by atoms with van der Waals surface area (Å²) in [6.45, 7) is 0. The molecule has 0 saturated carbocycles. The van der Waals surface area contributed by atoms with Crippen molar-refractivity contribution in [2.24, 2.45) is 4.99 Å². The standard InChI is InChI=1S/C26H19F4NOP/c27-20-16-18-21(19-17-20)31-25(26(28,29)30)32-33(22-10-4-1-5-11-22,23-12-6-2-7-13-23)24-14-8-3-9-15-24/h1-19H/q+1. The SMILES string of the molecule is Fc1ccc(N=C(O[P+](c2ccccc2)(c2ccccc2)c2ccccc2)C(F)(F)F)cc1. The third-order valence-corrected chi connectivity index (χ3v) is 8.41. The summed E-state index contributed by atoms with van der Waals surface area (Å²) in [5, 5.41) is 1.83. The van der Waals surface area contributed by atoms with Crippen molar-refractivity contribution in [2.45, 2.75) is 6.18 Å². The van der Waals surface area contributed by atoms with Crippen LogP contribution in [0, 0.1) is 5.82 Å². The lowest BCUT2D eigenvalue weighted by molar-refractivity contribution is -0.0703. The number of rotatable bonds is 5. The molecule has 166 valence electrons. The first-order valence-corrected chi connectivity index (χ1v) is 11.8. The highest BCUT2D eigenvalue weighted by molar-refractivity contribution is 7.92. The van der Waals surface area contributed by atoms with E-state index in [1.165, 1.54) is 12.1 Å². The number of nitrogens with zero attached hydrogens (tertiary/aromatic N) is 1. The van der Waals surface area contributed by atoms with Gasteiger partial charge in [-0.1, -0.05) is 54.6 Å². The van der Waals surface area contributed by atoms with Gasteiger partial charge in [0, 0.05) is 0 Å². The molecule has 0 fully saturated rings. The van der Waals surface area contributed by atoms with Gasteiger partial charge < -0.3 is 4.52 Å². The van der Waals surface area contributed by atoms with Gasteiger partial charge in [0.1, 0.15) is 21.7 Å². The molecule has 0 heterocycles. The van der Waals surface area contributed by atoms with E-state index in [2.05, 4.69) is 4.99 Å². The Kier molecular flexibility index (Phi) is 6.57. The highest BCUT2D eigenvalue weighted by Crippen LogP contribution is 2.57. The van der Waals surface area contributed by atoms with Crippen LogP contribution in [0.4, 0.5) is 23.2 Å². The first-order valence-electron chi connectivity index (χ1n) is 10.1. The predicted octanol–water partition coefficient (Wildman–Crippen LogP) is 6.34. The minimum atomic E-state index is -4.88. The molecular weight excluding hydrogens is 449 g/mol. The Bertz CT molecular complexity index is 1120. The van der Waals surface area contributed by atoms with Crippen LogP contribution in [-0.2, 0) is 4.52 Å². The number of hydrogen-bond donors (Lipinski definition) is 0. The average molecular weight is 468 g/mol. The van der Waals surface area contributed by atoms with Crippen molar-refractivity contribution in [3.63, 3.8) is 0 Å². The van der Waals surface area contributed by atoms with E-state index < -0.39 is 25.4 Å². The number of hydrogen-bond acceptors (Lipinski definition) is 2. The van der Waals surface area contributed by atoms with Crippen molar-refractivity contribution in [1.82, 2.24) is 0 Å². The summed E-state index contributed by atoms with van der Waals surface area (Å²) in [7, 11) is -3.28. The fourth-order valence-electron chi connectivity index (χ4n) is 3.42. The highest BCUT2D eigenvalue weighted by atomic mass is 31.2. The van der Waals surface area contributed by atoms with E-state index in [0.717, 1.165) is 12.1 Å². The molecule has 4 rings (SSSR count). The largest absolute Gasteiger partial charge is 0.473 e. The maximum Gasteiger partial charge on any atom is 0.473 e. The first-order chi connectivity index (χ1) is 15.9. The molecular formula is C26H19F4NOP+. The molecule has 0 N–H and O–H groups in total. The topological polar surface area (TPSA) is 21.6 Å². The summed E-state index contributed by atoms with van der Waals surface area (Å²) in [6, 6.07) is 31.0. The van der Waals surface area contributed by atoms with Gasteiger partial charge in [-0.15, -0.1) is 0 Å². The second-order valence-electron chi connectivity index (χ2n) is 7.10. The number of alkyl halides is 3. The smallest absolute Gasteiger partial charge is 0.309 e. The summed E-state index contributed by atoms with van der Waals surface area (Å²) in [5.74, 6) is -1.96. The molecule has 0 aromatic heterocycles. The zero-order valence-electron chi connectivity index (χ0n) is 17.3. The van der Waals surface area contributed by atoms with Crippen LogP contribution in [0.3, 0.4) is 0 Å². The number of benzene rings is 4. The molecule has 4 aromatic rings. The van der Waals surface area contributed by atoms with Crippen LogP contribution in [0.25, 0.3) is 0 Å². The third kappa shape index (κ3) is 4.96. The van der Waals surface area contributed by atoms with Crippen LogP contribution in [-0.4, -0.2) is 12.1 Å². The van der Waals surface area contributed by atoms with Crippen LogP contribution >= 0.6 is 7.49 Å². The zero-order valence-corrected chi connectivity index (χ0v) is 18.2. The first kappa shape index (κ1) is 22.7. The van der Waals surface area contributed by atoms with Gasteiger partial charge in [-0.3, -0.25) is 0 Å². The Balaban J connectivity index is 1.98. The van der Waals surface area contributed by atoms with Gasteiger partial charge in [0.15, 0.2) is 0 Å². The quantitative estimate of drug-likeness (QED) is 0.145. The van der Waals surface area contributed by atoms with E-state index in [-0.39, 0.29) is 5.69 Å². The maximum atomic E-state index is 14.3. The van der Waals surface area contributed by atoms with Gasteiger partial charge in [0.05, 0.1) is 5.69 Å². The molecule has 0 aliphatic rings. The molecule has 0 amide bonds. The lowest BCUT2D eigenvalue weighted by Crippen LogP contribution is -2.38. The summed E-state index contributed by atoms with van der Waals surface area (Å²) in [5.41, 5.74) is -0.0592. The van der Waals surface area contributed by atoms with E-state index in [4.69, 9.17) is 4.52 Å². The molecule has 0 saturated heterocycles. The van der Waals surface area contributed by atoms with E-state index in [9.17, 15) is 17.6 Å². The van der Waals surface area contributed by atoms with Gasteiger partial charge in [-0.2, -0.15) is 13.2 Å². The molecule has 7 heteroatoms. The minimum absolute atomic E-state index is 0.0592. The lowest BCUT2D eigenvalue weighted by Gasteiger charge is -2.27. The molecule has 0 radical (unpaired) electrons. The Morgan fingerprint density at radius 1 is 0.606 bits per heavy atom. The number of halogens is 4. The van der Waals surface area contributed by atoms with Crippen molar-refractivity contribution < 1.29 is 22.1 Å². The van der Waals surface area contributed by atoms with Crippen molar-refractivity contribution in [1.29, 1.82) is 0 Å². The van der Waals surface area contributed by atoms with Crippen LogP contribution in [0.1, 0.15) is 0 Å². The van der Waals surface area contributed by atoms with Crippen LogP contribution in [0.5, 0.6) is 0 Å². The second kappa shape index (κ2) is 9.55. The van der Waals surface area contributed by atoms with E-state index in [1.54, 1.807) is 91.0 Å². The highest BCUT2D eigenvalue weighted by Gasteiger charge is 2.55. The molecule has 0 unspecified atom stereocenters.